The van der Waals surface area contributed by atoms with Crippen molar-refractivity contribution in [1.82, 2.24) is 19.7 Å². The van der Waals surface area contributed by atoms with E-state index in [1.165, 1.54) is 0 Å². The average molecular weight is 325 g/mol. The zero-order chi connectivity index (χ0) is 17.1. The van der Waals surface area contributed by atoms with Crippen LogP contribution >= 0.6 is 0 Å². The first kappa shape index (κ1) is 15.9. The van der Waals surface area contributed by atoms with Gasteiger partial charge in [0.15, 0.2) is 0 Å². The number of hydrogen-bond donors (Lipinski definition) is 2. The number of aromatic nitrogens is 3. The number of aliphatic hydroxyl groups excluding tert-OH is 1. The number of rotatable bonds is 5. The number of carbonyl (C=O) groups is 1. The highest BCUT2D eigenvalue weighted by molar-refractivity contribution is 5.94. The summed E-state index contributed by atoms with van der Waals surface area (Å²) in [7, 11) is 3.80. The van der Waals surface area contributed by atoms with E-state index >= 15 is 0 Å². The molecule has 0 atom stereocenters. The van der Waals surface area contributed by atoms with Crippen LogP contribution in [-0.4, -0.2) is 39.5 Å². The third kappa shape index (κ3) is 3.36. The minimum absolute atomic E-state index is 0.0184. The van der Waals surface area contributed by atoms with Crippen molar-refractivity contribution in [2.24, 2.45) is 0 Å². The van der Waals surface area contributed by atoms with Gasteiger partial charge >= 0.3 is 0 Å². The van der Waals surface area contributed by atoms with E-state index in [4.69, 9.17) is 5.11 Å². The van der Waals surface area contributed by atoms with E-state index in [0.29, 0.717) is 12.1 Å². The van der Waals surface area contributed by atoms with Crippen molar-refractivity contribution < 1.29 is 9.90 Å². The summed E-state index contributed by atoms with van der Waals surface area (Å²) in [4.78, 5) is 22.7. The Balaban J connectivity index is 1.71. The summed E-state index contributed by atoms with van der Waals surface area (Å²) < 4.78 is 1.83. The molecule has 3 aromatic heterocycles. The molecule has 3 heterocycles. The van der Waals surface area contributed by atoms with Crippen LogP contribution in [0.1, 0.15) is 21.6 Å². The molecule has 0 aromatic carbocycles. The summed E-state index contributed by atoms with van der Waals surface area (Å²) in [5.41, 5.74) is 3.70. The van der Waals surface area contributed by atoms with Crippen LogP contribution in [0, 0.1) is 0 Å². The van der Waals surface area contributed by atoms with Gasteiger partial charge in [0.25, 0.3) is 5.91 Å². The highest BCUT2D eigenvalue weighted by atomic mass is 16.3. The van der Waals surface area contributed by atoms with Gasteiger partial charge in [0.1, 0.15) is 5.65 Å². The van der Waals surface area contributed by atoms with Crippen molar-refractivity contribution >= 4 is 17.2 Å². The van der Waals surface area contributed by atoms with Gasteiger partial charge in [-0.2, -0.15) is 0 Å². The molecular weight excluding hydrogens is 306 g/mol. The van der Waals surface area contributed by atoms with Gasteiger partial charge < -0.3 is 19.7 Å². The first-order valence-electron chi connectivity index (χ1n) is 7.55. The molecule has 0 saturated heterocycles. The van der Waals surface area contributed by atoms with Crippen LogP contribution in [0.2, 0.25) is 0 Å². The SMILES string of the molecule is CN(C)c1cncc(C(=O)NCc2cn3cc(CO)ccc3n2)c1. The molecule has 7 heteroatoms. The standard InChI is InChI=1S/C17H19N5O2/c1-21(2)15-5-13(6-18-8-15)17(24)19-7-14-10-22-9-12(11-23)3-4-16(22)20-14/h3-6,8-10,23H,7,11H2,1-2H3,(H,19,24). The van der Waals surface area contributed by atoms with Crippen LogP contribution in [0.4, 0.5) is 5.69 Å². The lowest BCUT2D eigenvalue weighted by Crippen LogP contribution is -2.23. The fourth-order valence-corrected chi connectivity index (χ4v) is 2.34. The molecule has 0 aliphatic heterocycles. The Labute approximate surface area is 139 Å². The lowest BCUT2D eigenvalue weighted by atomic mass is 10.2. The molecule has 0 spiro atoms. The van der Waals surface area contributed by atoms with E-state index in [0.717, 1.165) is 22.6 Å². The maximum Gasteiger partial charge on any atom is 0.253 e. The molecule has 7 nitrogen and oxygen atoms in total. The van der Waals surface area contributed by atoms with Crippen LogP contribution in [0.15, 0.2) is 43.0 Å². The molecule has 0 fully saturated rings. The molecule has 24 heavy (non-hydrogen) atoms. The average Bonchev–Trinajstić information content (AvgIpc) is 3.01. The predicted octanol–water partition coefficient (Wildman–Crippen LogP) is 1.22. The Morgan fingerprint density at radius 2 is 2.12 bits per heavy atom. The highest BCUT2D eigenvalue weighted by Crippen LogP contribution is 2.12. The summed E-state index contributed by atoms with van der Waals surface area (Å²) in [5, 5.41) is 12.0. The summed E-state index contributed by atoms with van der Waals surface area (Å²) in [6.07, 6.45) is 6.90. The minimum atomic E-state index is -0.195. The topological polar surface area (TPSA) is 82.8 Å². The summed E-state index contributed by atoms with van der Waals surface area (Å²) in [6, 6.07) is 5.45. The van der Waals surface area contributed by atoms with E-state index in [1.807, 2.05) is 47.9 Å². The first-order valence-corrected chi connectivity index (χ1v) is 7.55. The smallest absolute Gasteiger partial charge is 0.253 e. The molecule has 3 aromatic rings. The van der Waals surface area contributed by atoms with Gasteiger partial charge in [-0.25, -0.2) is 4.98 Å². The number of amides is 1. The second-order valence-electron chi connectivity index (χ2n) is 5.70. The van der Waals surface area contributed by atoms with Crippen LogP contribution in [0.25, 0.3) is 5.65 Å². The van der Waals surface area contributed by atoms with Gasteiger partial charge in [-0.05, 0) is 17.7 Å². The van der Waals surface area contributed by atoms with Crippen molar-refractivity contribution in [3.8, 4) is 0 Å². The monoisotopic (exact) mass is 325 g/mol. The maximum absolute atomic E-state index is 12.3. The largest absolute Gasteiger partial charge is 0.392 e. The number of hydrogen-bond acceptors (Lipinski definition) is 5. The Hall–Kier alpha value is -2.93. The van der Waals surface area contributed by atoms with E-state index in [9.17, 15) is 4.79 Å². The molecule has 3 rings (SSSR count). The highest BCUT2D eigenvalue weighted by Gasteiger charge is 2.09. The molecule has 0 bridgehead atoms. The second-order valence-corrected chi connectivity index (χ2v) is 5.70. The van der Waals surface area contributed by atoms with Gasteiger partial charge in [-0.15, -0.1) is 0 Å². The van der Waals surface area contributed by atoms with E-state index < -0.39 is 0 Å². The summed E-state index contributed by atoms with van der Waals surface area (Å²) in [5.74, 6) is -0.195. The molecule has 2 N–H and O–H groups in total. The molecule has 0 aliphatic rings. The van der Waals surface area contributed by atoms with E-state index in [2.05, 4.69) is 15.3 Å². The Kier molecular flexibility index (Phi) is 4.43. The normalized spacial score (nSPS) is 10.8. The van der Waals surface area contributed by atoms with Crippen molar-refractivity contribution in [2.45, 2.75) is 13.2 Å². The van der Waals surface area contributed by atoms with Crippen molar-refractivity contribution in [3.63, 3.8) is 0 Å². The van der Waals surface area contributed by atoms with Crippen molar-refractivity contribution in [3.05, 3.63) is 59.8 Å². The Morgan fingerprint density at radius 3 is 2.88 bits per heavy atom. The zero-order valence-electron chi connectivity index (χ0n) is 13.6. The van der Waals surface area contributed by atoms with Crippen LogP contribution in [0.3, 0.4) is 0 Å². The van der Waals surface area contributed by atoms with E-state index in [-0.39, 0.29) is 12.5 Å². The number of carbonyl (C=O) groups excluding carboxylic acids is 1. The number of imidazole rings is 1. The first-order chi connectivity index (χ1) is 11.6. The van der Waals surface area contributed by atoms with Crippen LogP contribution in [0.5, 0.6) is 0 Å². The van der Waals surface area contributed by atoms with Crippen molar-refractivity contribution in [2.75, 3.05) is 19.0 Å². The molecule has 0 unspecified atom stereocenters. The molecule has 0 radical (unpaired) electrons. The fourth-order valence-electron chi connectivity index (χ4n) is 2.34. The number of nitrogens with zero attached hydrogens (tertiary/aromatic N) is 4. The lowest BCUT2D eigenvalue weighted by Gasteiger charge is -2.12. The summed E-state index contributed by atoms with van der Waals surface area (Å²) in [6.45, 7) is 0.302. The van der Waals surface area contributed by atoms with Crippen molar-refractivity contribution in [1.29, 1.82) is 0 Å². The number of nitrogens with one attached hydrogen (secondary N) is 1. The predicted molar refractivity (Wildman–Crippen MR) is 90.8 cm³/mol. The Morgan fingerprint density at radius 1 is 1.29 bits per heavy atom. The van der Waals surface area contributed by atoms with Gasteiger partial charge in [0, 0.05) is 32.7 Å². The molecule has 1 amide bonds. The molecule has 0 saturated carbocycles. The quantitative estimate of drug-likeness (QED) is 0.737. The lowest BCUT2D eigenvalue weighted by molar-refractivity contribution is 0.0950. The maximum atomic E-state index is 12.3. The molecule has 0 aliphatic carbocycles. The summed E-state index contributed by atoms with van der Waals surface area (Å²) >= 11 is 0. The van der Waals surface area contributed by atoms with Crippen LogP contribution in [-0.2, 0) is 13.2 Å². The second kappa shape index (κ2) is 6.67. The van der Waals surface area contributed by atoms with Crippen LogP contribution < -0.4 is 10.2 Å². The number of anilines is 1. The molecular formula is C17H19N5O2. The minimum Gasteiger partial charge on any atom is -0.392 e. The van der Waals surface area contributed by atoms with E-state index in [1.54, 1.807) is 18.5 Å². The fraction of sp³-hybridized carbons (Fsp3) is 0.235. The van der Waals surface area contributed by atoms with Gasteiger partial charge in [-0.3, -0.25) is 9.78 Å². The van der Waals surface area contributed by atoms with Gasteiger partial charge in [-0.1, -0.05) is 6.07 Å². The Bertz CT molecular complexity index is 872. The number of aliphatic hydroxyl groups is 1. The van der Waals surface area contributed by atoms with Gasteiger partial charge in [0.05, 0.1) is 36.3 Å². The zero-order valence-corrected chi connectivity index (χ0v) is 13.6. The third-order valence-electron chi connectivity index (χ3n) is 3.68. The number of pyridine rings is 2. The third-order valence-corrected chi connectivity index (χ3v) is 3.68. The van der Waals surface area contributed by atoms with Gasteiger partial charge in [0.2, 0.25) is 0 Å². The molecule has 124 valence electrons. The number of fused-ring (bicyclic) bond motifs is 1.